The highest BCUT2D eigenvalue weighted by Crippen LogP contribution is 2.32. The molecule has 1 atom stereocenters. The van der Waals surface area contributed by atoms with Crippen LogP contribution in [0.5, 0.6) is 0 Å². The van der Waals surface area contributed by atoms with E-state index in [2.05, 4.69) is 4.72 Å². The maximum atomic E-state index is 12.0. The van der Waals surface area contributed by atoms with Crippen LogP contribution in [0.25, 0.3) is 0 Å². The summed E-state index contributed by atoms with van der Waals surface area (Å²) >= 11 is 0. The molecule has 98 valence electrons. The van der Waals surface area contributed by atoms with Gasteiger partial charge in [0.25, 0.3) is 0 Å². The van der Waals surface area contributed by atoms with Gasteiger partial charge in [0.2, 0.25) is 15.9 Å². The van der Waals surface area contributed by atoms with Crippen LogP contribution in [0.15, 0.2) is 29.2 Å². The molecule has 1 amide bonds. The minimum atomic E-state index is -3.51. The molecule has 1 saturated carbocycles. The molecule has 1 fully saturated rings. The summed E-state index contributed by atoms with van der Waals surface area (Å²) in [4.78, 5) is 11.0. The molecular weight excluding hydrogens is 252 g/mol. The molecule has 6 heteroatoms. The van der Waals surface area contributed by atoms with Gasteiger partial charge in [-0.15, -0.1) is 0 Å². The maximum absolute atomic E-state index is 12.0. The fraction of sp³-hybridized carbons (Fsp3) is 0.417. The molecule has 0 aromatic heterocycles. The second-order valence-electron chi connectivity index (χ2n) is 4.64. The number of primary amides is 1. The Bertz CT molecular complexity index is 547. The van der Waals surface area contributed by atoms with Gasteiger partial charge in [0.05, 0.1) is 4.90 Å². The van der Waals surface area contributed by atoms with Crippen LogP contribution in [0.3, 0.4) is 0 Å². The molecule has 3 N–H and O–H groups in total. The topological polar surface area (TPSA) is 89.3 Å². The van der Waals surface area contributed by atoms with Crippen molar-refractivity contribution in [2.45, 2.75) is 30.7 Å². The minimum Gasteiger partial charge on any atom is -0.366 e. The highest BCUT2D eigenvalue weighted by Gasteiger charge is 2.31. The Kier molecular flexibility index (Phi) is 3.41. The Morgan fingerprint density at radius 1 is 1.33 bits per heavy atom. The average Bonchev–Trinajstić information content (AvgIpc) is 3.12. The van der Waals surface area contributed by atoms with Crippen molar-refractivity contribution in [3.8, 4) is 0 Å². The van der Waals surface area contributed by atoms with Gasteiger partial charge in [-0.1, -0.05) is 0 Å². The van der Waals surface area contributed by atoms with E-state index in [9.17, 15) is 13.2 Å². The lowest BCUT2D eigenvalue weighted by atomic mass is 10.2. The predicted molar refractivity (Wildman–Crippen MR) is 67.5 cm³/mol. The number of carbonyl (C=O) groups excluding carboxylic acids is 1. The number of amides is 1. The average molecular weight is 268 g/mol. The van der Waals surface area contributed by atoms with E-state index in [1.807, 2.05) is 6.92 Å². The Morgan fingerprint density at radius 2 is 1.89 bits per heavy atom. The summed E-state index contributed by atoms with van der Waals surface area (Å²) in [6, 6.07) is 5.56. The zero-order valence-electron chi connectivity index (χ0n) is 10.1. The lowest BCUT2D eigenvalue weighted by molar-refractivity contribution is 0.1000. The largest absolute Gasteiger partial charge is 0.366 e. The van der Waals surface area contributed by atoms with Gasteiger partial charge in [-0.05, 0) is 49.9 Å². The third-order valence-corrected chi connectivity index (χ3v) is 4.69. The van der Waals surface area contributed by atoms with Crippen molar-refractivity contribution in [3.63, 3.8) is 0 Å². The van der Waals surface area contributed by atoms with Crippen LogP contribution < -0.4 is 10.5 Å². The second-order valence-corrected chi connectivity index (χ2v) is 6.35. The number of rotatable bonds is 5. The first-order chi connectivity index (χ1) is 8.40. The van der Waals surface area contributed by atoms with Crippen LogP contribution in [0, 0.1) is 5.92 Å². The van der Waals surface area contributed by atoms with E-state index in [0.29, 0.717) is 11.5 Å². The van der Waals surface area contributed by atoms with Gasteiger partial charge in [0, 0.05) is 11.6 Å². The van der Waals surface area contributed by atoms with Crippen LogP contribution in [-0.2, 0) is 10.0 Å². The van der Waals surface area contributed by atoms with Crippen molar-refractivity contribution in [1.82, 2.24) is 4.72 Å². The van der Waals surface area contributed by atoms with Crippen LogP contribution in [-0.4, -0.2) is 20.4 Å². The fourth-order valence-corrected chi connectivity index (χ4v) is 3.12. The Hall–Kier alpha value is -1.40. The fourth-order valence-electron chi connectivity index (χ4n) is 1.80. The Labute approximate surface area is 106 Å². The van der Waals surface area contributed by atoms with Gasteiger partial charge >= 0.3 is 0 Å². The van der Waals surface area contributed by atoms with Gasteiger partial charge < -0.3 is 5.73 Å². The SMILES string of the molecule is CC(NS(=O)(=O)c1ccc(C(N)=O)cc1)C1CC1. The molecule has 0 bridgehead atoms. The number of nitrogens with one attached hydrogen (secondary N) is 1. The van der Waals surface area contributed by atoms with Crippen LogP contribution >= 0.6 is 0 Å². The molecule has 0 saturated heterocycles. The third-order valence-electron chi connectivity index (χ3n) is 3.12. The summed E-state index contributed by atoms with van der Waals surface area (Å²) in [6.07, 6.45) is 2.15. The molecule has 0 spiro atoms. The molecule has 0 radical (unpaired) electrons. The molecule has 5 nitrogen and oxygen atoms in total. The monoisotopic (exact) mass is 268 g/mol. The Morgan fingerprint density at radius 3 is 2.33 bits per heavy atom. The summed E-state index contributed by atoms with van der Waals surface area (Å²) in [6.45, 7) is 1.87. The summed E-state index contributed by atoms with van der Waals surface area (Å²) in [5, 5.41) is 0. The first kappa shape index (κ1) is 13.0. The van der Waals surface area contributed by atoms with E-state index in [4.69, 9.17) is 5.73 Å². The van der Waals surface area contributed by atoms with Gasteiger partial charge in [0.15, 0.2) is 0 Å². The maximum Gasteiger partial charge on any atom is 0.248 e. The van der Waals surface area contributed by atoms with Crippen molar-refractivity contribution in [1.29, 1.82) is 0 Å². The standard InChI is InChI=1S/C12H16N2O3S/c1-8(9-2-3-9)14-18(16,17)11-6-4-10(5-7-11)12(13)15/h4-9,14H,2-3H2,1H3,(H2,13,15). The smallest absolute Gasteiger partial charge is 0.248 e. The van der Waals surface area contributed by atoms with Crippen LogP contribution in [0.4, 0.5) is 0 Å². The summed E-state index contributed by atoms with van der Waals surface area (Å²) < 4.78 is 26.7. The van der Waals surface area contributed by atoms with E-state index in [1.165, 1.54) is 24.3 Å². The summed E-state index contributed by atoms with van der Waals surface area (Å²) in [5.41, 5.74) is 5.39. The predicted octanol–water partition coefficient (Wildman–Crippen LogP) is 0.862. The normalized spacial score (nSPS) is 17.4. The van der Waals surface area contributed by atoms with Crippen molar-refractivity contribution in [2.24, 2.45) is 11.7 Å². The molecule has 1 aromatic carbocycles. The molecule has 0 heterocycles. The minimum absolute atomic E-state index is 0.0502. The lowest BCUT2D eigenvalue weighted by Gasteiger charge is -2.13. The lowest BCUT2D eigenvalue weighted by Crippen LogP contribution is -2.34. The van der Waals surface area contributed by atoms with Crippen molar-refractivity contribution >= 4 is 15.9 Å². The Balaban J connectivity index is 2.15. The van der Waals surface area contributed by atoms with Gasteiger partial charge in [-0.3, -0.25) is 4.79 Å². The van der Waals surface area contributed by atoms with E-state index < -0.39 is 15.9 Å². The van der Waals surface area contributed by atoms with E-state index >= 15 is 0 Å². The molecular formula is C12H16N2O3S. The third kappa shape index (κ3) is 2.88. The summed E-state index contributed by atoms with van der Waals surface area (Å²) in [7, 11) is -3.51. The second kappa shape index (κ2) is 4.70. The van der Waals surface area contributed by atoms with E-state index in [0.717, 1.165) is 12.8 Å². The number of sulfonamides is 1. The van der Waals surface area contributed by atoms with Gasteiger partial charge in [-0.2, -0.15) is 0 Å². The van der Waals surface area contributed by atoms with Gasteiger partial charge in [0.1, 0.15) is 0 Å². The molecule has 0 aliphatic heterocycles. The highest BCUT2D eigenvalue weighted by molar-refractivity contribution is 7.89. The quantitative estimate of drug-likeness (QED) is 0.830. The highest BCUT2D eigenvalue weighted by atomic mass is 32.2. The molecule has 1 aliphatic rings. The number of hydrogen-bond donors (Lipinski definition) is 2. The van der Waals surface area contributed by atoms with Crippen molar-refractivity contribution < 1.29 is 13.2 Å². The van der Waals surface area contributed by atoms with Crippen LogP contribution in [0.2, 0.25) is 0 Å². The molecule has 18 heavy (non-hydrogen) atoms. The number of nitrogens with two attached hydrogens (primary N) is 1. The summed E-state index contributed by atoms with van der Waals surface area (Å²) in [5.74, 6) is -0.122. The first-order valence-corrected chi connectivity index (χ1v) is 7.30. The molecule has 1 aliphatic carbocycles. The van der Waals surface area contributed by atoms with Gasteiger partial charge in [-0.25, -0.2) is 13.1 Å². The number of carbonyl (C=O) groups is 1. The zero-order valence-corrected chi connectivity index (χ0v) is 10.9. The van der Waals surface area contributed by atoms with Crippen molar-refractivity contribution in [3.05, 3.63) is 29.8 Å². The molecule has 1 unspecified atom stereocenters. The van der Waals surface area contributed by atoms with Crippen LogP contribution in [0.1, 0.15) is 30.1 Å². The molecule has 2 rings (SSSR count). The number of hydrogen-bond acceptors (Lipinski definition) is 3. The first-order valence-electron chi connectivity index (χ1n) is 5.82. The van der Waals surface area contributed by atoms with E-state index in [1.54, 1.807) is 0 Å². The molecule has 1 aromatic rings. The van der Waals surface area contributed by atoms with E-state index in [-0.39, 0.29) is 10.9 Å². The van der Waals surface area contributed by atoms with Crippen molar-refractivity contribution in [2.75, 3.05) is 0 Å². The zero-order chi connectivity index (χ0) is 13.3. The number of benzene rings is 1.